The van der Waals surface area contributed by atoms with E-state index in [9.17, 15) is 9.59 Å². The number of aryl methyl sites for hydroxylation is 2. The first kappa shape index (κ1) is 18.0. The van der Waals surface area contributed by atoms with Gasteiger partial charge in [0.1, 0.15) is 11.6 Å². The summed E-state index contributed by atoms with van der Waals surface area (Å²) in [6, 6.07) is 11.7. The molecule has 0 aliphatic rings. The minimum absolute atomic E-state index is 0.0237. The number of rotatable bonds is 5. The lowest BCUT2D eigenvalue weighted by atomic mass is 10.2. The second-order valence-corrected chi connectivity index (χ2v) is 7.03. The van der Waals surface area contributed by atoms with Crippen molar-refractivity contribution in [3.8, 4) is 10.6 Å². The molecule has 0 radical (unpaired) electrons. The maximum atomic E-state index is 12.5. The third-order valence-electron chi connectivity index (χ3n) is 4.04. The van der Waals surface area contributed by atoms with E-state index in [-0.39, 0.29) is 12.5 Å². The number of likely N-dealkylation sites (N-methyl/N-ethyl adjacent to an activating group) is 1. The Labute approximate surface area is 155 Å². The molecule has 0 spiro atoms. The van der Waals surface area contributed by atoms with Crippen LogP contribution in [0.1, 0.15) is 17.1 Å². The molecule has 0 N–H and O–H groups in total. The van der Waals surface area contributed by atoms with Crippen LogP contribution < -0.4 is 5.69 Å². The fourth-order valence-electron chi connectivity index (χ4n) is 2.65. The van der Waals surface area contributed by atoms with Crippen LogP contribution in [-0.2, 0) is 17.9 Å². The number of thiazole rings is 1. The minimum atomic E-state index is -0.399. The Bertz CT molecular complexity index is 979. The van der Waals surface area contributed by atoms with Crippen molar-refractivity contribution in [2.75, 3.05) is 7.05 Å². The highest BCUT2D eigenvalue weighted by Gasteiger charge is 2.15. The van der Waals surface area contributed by atoms with E-state index in [1.54, 1.807) is 43.2 Å². The zero-order chi connectivity index (χ0) is 18.7. The van der Waals surface area contributed by atoms with E-state index in [0.29, 0.717) is 12.2 Å². The number of hydrogen-bond donors (Lipinski definition) is 0. The summed E-state index contributed by atoms with van der Waals surface area (Å²) in [5.41, 5.74) is 2.87. The van der Waals surface area contributed by atoms with Crippen LogP contribution in [-0.4, -0.2) is 32.4 Å². The highest BCUT2D eigenvalue weighted by atomic mass is 32.1. The van der Waals surface area contributed by atoms with Gasteiger partial charge in [0, 0.05) is 29.4 Å². The van der Waals surface area contributed by atoms with Gasteiger partial charge in [0.15, 0.2) is 0 Å². The predicted molar refractivity (Wildman–Crippen MR) is 102 cm³/mol. The number of amides is 1. The summed E-state index contributed by atoms with van der Waals surface area (Å²) in [5.74, 6) is -0.157. The summed E-state index contributed by atoms with van der Waals surface area (Å²) in [5, 5.41) is 2.88. The normalized spacial score (nSPS) is 10.7. The van der Waals surface area contributed by atoms with Crippen molar-refractivity contribution in [3.05, 3.63) is 69.3 Å². The Balaban J connectivity index is 1.69. The van der Waals surface area contributed by atoms with E-state index in [2.05, 4.69) is 9.97 Å². The lowest BCUT2D eigenvalue weighted by Gasteiger charge is -2.17. The largest absolute Gasteiger partial charge is 0.348 e. The Morgan fingerprint density at radius 3 is 2.62 bits per heavy atom. The highest BCUT2D eigenvalue weighted by molar-refractivity contribution is 7.13. The summed E-state index contributed by atoms with van der Waals surface area (Å²) in [4.78, 5) is 34.6. The second kappa shape index (κ2) is 7.61. The number of aromatic nitrogens is 3. The molecule has 0 saturated heterocycles. The minimum Gasteiger partial charge on any atom is -0.338 e. The van der Waals surface area contributed by atoms with Gasteiger partial charge in [-0.1, -0.05) is 30.3 Å². The smallest absolute Gasteiger partial charge is 0.338 e. The molecule has 26 heavy (non-hydrogen) atoms. The molecule has 7 heteroatoms. The molecule has 1 amide bonds. The average Bonchev–Trinajstić information content (AvgIpc) is 3.07. The number of nitrogens with zero attached hydrogens (tertiary/aromatic N) is 4. The molecule has 1 aromatic carbocycles. The molecule has 0 aliphatic heterocycles. The lowest BCUT2D eigenvalue weighted by Crippen LogP contribution is -2.35. The summed E-state index contributed by atoms with van der Waals surface area (Å²) in [7, 11) is 1.71. The first-order valence-electron chi connectivity index (χ1n) is 8.23. The van der Waals surface area contributed by atoms with Crippen LogP contribution in [0.4, 0.5) is 0 Å². The lowest BCUT2D eigenvalue weighted by molar-refractivity contribution is -0.131. The van der Waals surface area contributed by atoms with Crippen LogP contribution in [0.5, 0.6) is 0 Å². The zero-order valence-electron chi connectivity index (χ0n) is 15.0. The van der Waals surface area contributed by atoms with E-state index < -0.39 is 5.69 Å². The first-order valence-corrected chi connectivity index (χ1v) is 9.11. The number of carbonyl (C=O) groups is 1. The molecular formula is C19H20N4O2S. The number of hydrogen-bond acceptors (Lipinski definition) is 5. The van der Waals surface area contributed by atoms with Crippen molar-refractivity contribution in [1.82, 2.24) is 19.4 Å². The maximum absolute atomic E-state index is 12.5. The topological polar surface area (TPSA) is 68.1 Å². The van der Waals surface area contributed by atoms with Gasteiger partial charge in [0.25, 0.3) is 0 Å². The summed E-state index contributed by atoms with van der Waals surface area (Å²) in [6.45, 7) is 3.94. The van der Waals surface area contributed by atoms with Crippen molar-refractivity contribution >= 4 is 17.2 Å². The van der Waals surface area contributed by atoms with Crippen molar-refractivity contribution < 1.29 is 4.79 Å². The standard InChI is InChI=1S/C19H20N4O2S/c1-13-9-14(2)23(19(25)20-13)11-17(24)22(3)10-16-12-26-18(21-16)15-7-5-4-6-8-15/h4-9,12H,10-11H2,1-3H3. The van der Waals surface area contributed by atoms with E-state index in [1.807, 2.05) is 35.7 Å². The molecule has 3 rings (SSSR count). The van der Waals surface area contributed by atoms with Gasteiger partial charge in [0.2, 0.25) is 5.91 Å². The van der Waals surface area contributed by atoms with E-state index in [0.717, 1.165) is 22.0 Å². The number of benzene rings is 1. The molecule has 134 valence electrons. The molecule has 0 saturated carbocycles. The quantitative estimate of drug-likeness (QED) is 0.694. The molecule has 2 heterocycles. The van der Waals surface area contributed by atoms with Crippen molar-refractivity contribution in [2.45, 2.75) is 26.9 Å². The van der Waals surface area contributed by atoms with Gasteiger partial charge in [-0.05, 0) is 19.9 Å². The van der Waals surface area contributed by atoms with Crippen molar-refractivity contribution in [2.24, 2.45) is 0 Å². The van der Waals surface area contributed by atoms with Crippen LogP contribution in [0.2, 0.25) is 0 Å². The third-order valence-corrected chi connectivity index (χ3v) is 4.98. The molecular weight excluding hydrogens is 348 g/mol. The molecule has 6 nitrogen and oxygen atoms in total. The Morgan fingerprint density at radius 2 is 1.92 bits per heavy atom. The molecule has 0 fully saturated rings. The van der Waals surface area contributed by atoms with Crippen LogP contribution in [0.25, 0.3) is 10.6 Å². The summed E-state index contributed by atoms with van der Waals surface area (Å²) < 4.78 is 1.39. The van der Waals surface area contributed by atoms with Crippen LogP contribution >= 0.6 is 11.3 Å². The van der Waals surface area contributed by atoms with E-state index >= 15 is 0 Å². The highest BCUT2D eigenvalue weighted by Crippen LogP contribution is 2.23. The summed E-state index contributed by atoms with van der Waals surface area (Å²) in [6.07, 6.45) is 0. The number of carbonyl (C=O) groups excluding carboxylic acids is 1. The molecule has 0 bridgehead atoms. The third kappa shape index (κ3) is 4.05. The first-order chi connectivity index (χ1) is 12.4. The Morgan fingerprint density at radius 1 is 1.19 bits per heavy atom. The van der Waals surface area contributed by atoms with E-state index in [4.69, 9.17) is 0 Å². The molecule has 3 aromatic rings. The molecule has 0 unspecified atom stereocenters. The fraction of sp³-hybridized carbons (Fsp3) is 0.263. The predicted octanol–water partition coefficient (Wildman–Crippen LogP) is 2.64. The van der Waals surface area contributed by atoms with Crippen molar-refractivity contribution in [3.63, 3.8) is 0 Å². The van der Waals surface area contributed by atoms with Gasteiger partial charge >= 0.3 is 5.69 Å². The van der Waals surface area contributed by atoms with Gasteiger partial charge in [-0.3, -0.25) is 9.36 Å². The molecule has 0 aliphatic carbocycles. The SMILES string of the molecule is Cc1cc(C)n(CC(=O)N(C)Cc2csc(-c3ccccc3)n2)c(=O)n1. The van der Waals surface area contributed by atoms with Gasteiger partial charge in [-0.25, -0.2) is 9.78 Å². The summed E-state index contributed by atoms with van der Waals surface area (Å²) >= 11 is 1.55. The van der Waals surface area contributed by atoms with Crippen LogP contribution in [0.15, 0.2) is 46.6 Å². The van der Waals surface area contributed by atoms with Gasteiger partial charge in [-0.2, -0.15) is 4.98 Å². The molecule has 2 aromatic heterocycles. The molecule has 0 atom stereocenters. The average molecular weight is 368 g/mol. The van der Waals surface area contributed by atoms with Crippen LogP contribution in [0, 0.1) is 13.8 Å². The fourth-order valence-corrected chi connectivity index (χ4v) is 3.46. The zero-order valence-corrected chi connectivity index (χ0v) is 15.8. The van der Waals surface area contributed by atoms with Crippen molar-refractivity contribution in [1.29, 1.82) is 0 Å². The van der Waals surface area contributed by atoms with E-state index in [1.165, 1.54) is 4.57 Å². The van der Waals surface area contributed by atoms with Crippen LogP contribution in [0.3, 0.4) is 0 Å². The monoisotopic (exact) mass is 368 g/mol. The maximum Gasteiger partial charge on any atom is 0.348 e. The second-order valence-electron chi connectivity index (χ2n) is 6.17. The Hall–Kier alpha value is -2.80. The Kier molecular flexibility index (Phi) is 5.27. The van der Waals surface area contributed by atoms with Gasteiger partial charge < -0.3 is 4.90 Å². The van der Waals surface area contributed by atoms with Gasteiger partial charge in [0.05, 0.1) is 12.2 Å². The van der Waals surface area contributed by atoms with Gasteiger partial charge in [-0.15, -0.1) is 11.3 Å².